The first-order valence-corrected chi connectivity index (χ1v) is 6.16. The molecular weight excluding hydrogens is 192 g/mol. The average molecular weight is 212 g/mol. The van der Waals surface area contributed by atoms with Gasteiger partial charge in [0.1, 0.15) is 0 Å². The molecule has 0 N–H and O–H groups in total. The molecule has 0 aromatic heterocycles. The SMILES string of the molecule is C=S1N=C(C(C)(C)C)C(C(C)(C)C)=N1. The molecule has 0 amide bonds. The zero-order valence-electron chi connectivity index (χ0n) is 10.0. The Morgan fingerprint density at radius 1 is 0.857 bits per heavy atom. The number of rotatable bonds is 0. The molecule has 0 bridgehead atoms. The van der Waals surface area contributed by atoms with E-state index in [1.807, 2.05) is 0 Å². The van der Waals surface area contributed by atoms with E-state index in [0.29, 0.717) is 0 Å². The van der Waals surface area contributed by atoms with Crippen molar-refractivity contribution >= 4 is 28.1 Å². The van der Waals surface area contributed by atoms with Crippen LogP contribution in [0.3, 0.4) is 0 Å². The van der Waals surface area contributed by atoms with Crippen LogP contribution in [0.5, 0.6) is 0 Å². The van der Waals surface area contributed by atoms with Gasteiger partial charge in [0, 0.05) is 21.7 Å². The molecule has 0 atom stereocenters. The van der Waals surface area contributed by atoms with E-state index >= 15 is 0 Å². The Morgan fingerprint density at radius 3 is 1.36 bits per heavy atom. The van der Waals surface area contributed by atoms with Crippen LogP contribution < -0.4 is 0 Å². The van der Waals surface area contributed by atoms with Crippen molar-refractivity contribution in [3.8, 4) is 0 Å². The zero-order valence-corrected chi connectivity index (χ0v) is 10.8. The third kappa shape index (κ3) is 2.32. The lowest BCUT2D eigenvalue weighted by atomic mass is 9.78. The van der Waals surface area contributed by atoms with Gasteiger partial charge >= 0.3 is 0 Å². The van der Waals surface area contributed by atoms with Gasteiger partial charge in [0.15, 0.2) is 0 Å². The summed E-state index contributed by atoms with van der Waals surface area (Å²) in [7, 11) is -0.400. The maximum absolute atomic E-state index is 4.54. The van der Waals surface area contributed by atoms with Gasteiger partial charge in [-0.15, -0.1) is 0 Å². The minimum Gasteiger partial charge on any atom is -0.204 e. The van der Waals surface area contributed by atoms with Crippen molar-refractivity contribution in [3.63, 3.8) is 0 Å². The lowest BCUT2D eigenvalue weighted by molar-refractivity contribution is 0.569. The van der Waals surface area contributed by atoms with Crippen LogP contribution in [0.4, 0.5) is 0 Å². The van der Waals surface area contributed by atoms with Gasteiger partial charge in [-0.2, -0.15) is 0 Å². The fraction of sp³-hybridized carbons (Fsp3) is 0.727. The molecule has 1 rings (SSSR count). The van der Waals surface area contributed by atoms with Gasteiger partial charge in [-0.25, -0.2) is 8.80 Å². The second-order valence-electron chi connectivity index (χ2n) is 5.72. The van der Waals surface area contributed by atoms with Crippen LogP contribution >= 0.6 is 10.9 Å². The molecule has 0 aromatic carbocycles. The highest BCUT2D eigenvalue weighted by molar-refractivity contribution is 8.12. The molecule has 2 nitrogen and oxygen atoms in total. The van der Waals surface area contributed by atoms with E-state index in [4.69, 9.17) is 0 Å². The first-order valence-electron chi connectivity index (χ1n) is 4.85. The van der Waals surface area contributed by atoms with E-state index in [-0.39, 0.29) is 10.8 Å². The molecule has 1 heterocycles. The summed E-state index contributed by atoms with van der Waals surface area (Å²) in [4.78, 5) is 0. The predicted molar refractivity (Wildman–Crippen MR) is 68.5 cm³/mol. The number of hydrogen-bond donors (Lipinski definition) is 0. The molecule has 0 fully saturated rings. The van der Waals surface area contributed by atoms with Crippen molar-refractivity contribution in [1.82, 2.24) is 0 Å². The molecule has 0 aromatic rings. The summed E-state index contributed by atoms with van der Waals surface area (Å²) < 4.78 is 9.07. The first-order chi connectivity index (χ1) is 6.12. The number of nitrogens with zero attached hydrogens (tertiary/aromatic N) is 2. The summed E-state index contributed by atoms with van der Waals surface area (Å²) in [6.45, 7) is 13.1. The molecule has 0 saturated carbocycles. The van der Waals surface area contributed by atoms with Crippen molar-refractivity contribution in [2.75, 3.05) is 0 Å². The van der Waals surface area contributed by atoms with Gasteiger partial charge in [0.25, 0.3) is 0 Å². The monoisotopic (exact) mass is 212 g/mol. The third-order valence-corrected chi connectivity index (χ3v) is 2.83. The predicted octanol–water partition coefficient (Wildman–Crippen LogP) is 3.51. The fourth-order valence-electron chi connectivity index (χ4n) is 1.30. The Morgan fingerprint density at radius 2 is 1.14 bits per heavy atom. The Kier molecular flexibility index (Phi) is 2.74. The number of hydrogen-bond acceptors (Lipinski definition) is 2. The average Bonchev–Trinajstić information content (AvgIpc) is 2.27. The van der Waals surface area contributed by atoms with Gasteiger partial charge in [-0.3, -0.25) is 0 Å². The second-order valence-corrected chi connectivity index (χ2v) is 6.76. The van der Waals surface area contributed by atoms with Crippen LogP contribution in [-0.2, 0) is 0 Å². The van der Waals surface area contributed by atoms with Crippen molar-refractivity contribution in [2.45, 2.75) is 41.5 Å². The van der Waals surface area contributed by atoms with E-state index in [1.165, 1.54) is 0 Å². The molecule has 0 spiro atoms. The topological polar surface area (TPSA) is 24.7 Å². The summed E-state index contributed by atoms with van der Waals surface area (Å²) in [6.07, 6.45) is 0. The molecule has 0 saturated heterocycles. The second kappa shape index (κ2) is 3.30. The highest BCUT2D eigenvalue weighted by Gasteiger charge is 2.34. The quantitative estimate of drug-likeness (QED) is 0.549. The molecule has 1 aliphatic heterocycles. The summed E-state index contributed by atoms with van der Waals surface area (Å²) in [5.41, 5.74) is 2.41. The minimum absolute atomic E-state index is 0.0750. The van der Waals surface area contributed by atoms with Crippen LogP contribution in [0.1, 0.15) is 41.5 Å². The normalized spacial score (nSPS) is 19.6. The highest BCUT2D eigenvalue weighted by Crippen LogP contribution is 2.35. The molecule has 1 aliphatic rings. The van der Waals surface area contributed by atoms with Gasteiger partial charge < -0.3 is 0 Å². The summed E-state index contributed by atoms with van der Waals surface area (Å²) in [5.74, 6) is 3.92. The smallest absolute Gasteiger partial charge is 0.0781 e. The van der Waals surface area contributed by atoms with E-state index in [2.05, 4.69) is 56.2 Å². The van der Waals surface area contributed by atoms with Crippen LogP contribution in [-0.4, -0.2) is 17.3 Å². The van der Waals surface area contributed by atoms with E-state index < -0.39 is 10.9 Å². The highest BCUT2D eigenvalue weighted by atomic mass is 32.2. The first kappa shape index (κ1) is 11.6. The van der Waals surface area contributed by atoms with Crippen LogP contribution in [0.2, 0.25) is 0 Å². The summed E-state index contributed by atoms with van der Waals surface area (Å²) in [5, 5.41) is 0. The zero-order chi connectivity index (χ0) is 11.1. The van der Waals surface area contributed by atoms with Crippen molar-refractivity contribution in [3.05, 3.63) is 0 Å². The van der Waals surface area contributed by atoms with E-state index in [0.717, 1.165) is 11.4 Å². The summed E-state index contributed by atoms with van der Waals surface area (Å²) >= 11 is 0. The maximum Gasteiger partial charge on any atom is 0.0781 e. The molecule has 80 valence electrons. The largest absolute Gasteiger partial charge is 0.204 e. The Labute approximate surface area is 89.7 Å². The third-order valence-electron chi connectivity index (χ3n) is 2.04. The lowest BCUT2D eigenvalue weighted by Crippen LogP contribution is -2.35. The van der Waals surface area contributed by atoms with Gasteiger partial charge in [-0.05, 0) is 5.87 Å². The van der Waals surface area contributed by atoms with Crippen molar-refractivity contribution in [2.24, 2.45) is 19.6 Å². The van der Waals surface area contributed by atoms with Crippen molar-refractivity contribution in [1.29, 1.82) is 0 Å². The minimum atomic E-state index is -0.400. The standard InChI is InChI=1S/C11H20N2S/c1-10(2,3)8-9(11(4,5)6)13-14(7)12-8/h7H2,1-6H3. The Hall–Kier alpha value is -0.440. The lowest BCUT2D eigenvalue weighted by Gasteiger charge is -2.26. The molecule has 0 radical (unpaired) electrons. The molecule has 0 unspecified atom stereocenters. The molecule has 0 aliphatic carbocycles. The van der Waals surface area contributed by atoms with Crippen LogP contribution in [0.25, 0.3) is 0 Å². The van der Waals surface area contributed by atoms with E-state index in [1.54, 1.807) is 0 Å². The summed E-state index contributed by atoms with van der Waals surface area (Å²) in [6, 6.07) is 0. The van der Waals surface area contributed by atoms with Gasteiger partial charge in [0.05, 0.1) is 11.4 Å². The van der Waals surface area contributed by atoms with Crippen LogP contribution in [0, 0.1) is 10.8 Å². The van der Waals surface area contributed by atoms with Gasteiger partial charge in [0.2, 0.25) is 0 Å². The van der Waals surface area contributed by atoms with E-state index in [9.17, 15) is 0 Å². The fourth-order valence-corrected chi connectivity index (χ4v) is 2.48. The maximum atomic E-state index is 4.54. The molecular formula is C11H20N2S. The Bertz CT molecular complexity index is 292. The van der Waals surface area contributed by atoms with Gasteiger partial charge in [-0.1, -0.05) is 41.5 Å². The molecule has 3 heteroatoms. The Balaban J connectivity index is 3.17. The van der Waals surface area contributed by atoms with Crippen molar-refractivity contribution < 1.29 is 0 Å². The van der Waals surface area contributed by atoms with Crippen LogP contribution in [0.15, 0.2) is 8.80 Å². The molecule has 14 heavy (non-hydrogen) atoms.